The molecule has 0 unspecified atom stereocenters. The van der Waals surface area contributed by atoms with E-state index >= 15 is 0 Å². The van der Waals surface area contributed by atoms with Gasteiger partial charge in [-0.15, -0.1) is 20.4 Å². The number of hydrogen-bond acceptors (Lipinski definition) is 8. The van der Waals surface area contributed by atoms with E-state index in [1.165, 1.54) is 19.6 Å². The first-order chi connectivity index (χ1) is 30.7. The molecule has 2 aliphatic heterocycles. The molecule has 8 aromatic carbocycles. The summed E-state index contributed by atoms with van der Waals surface area (Å²) in [5, 5.41) is 19.4. The summed E-state index contributed by atoms with van der Waals surface area (Å²) in [7, 11) is 0. The Morgan fingerprint density at radius 3 is 1.15 bits per heavy atom. The average molecular weight is 833 g/mol. The van der Waals surface area contributed by atoms with E-state index in [1.807, 2.05) is 29.6 Å². The Hall–Kier alpha value is -7.66. The monoisotopic (exact) mass is 832 g/mol. The zero-order chi connectivity index (χ0) is 40.7. The van der Waals surface area contributed by atoms with Crippen molar-refractivity contribution in [3.05, 3.63) is 194 Å². The Bertz CT molecular complexity index is 3450. The van der Waals surface area contributed by atoms with Gasteiger partial charge in [0, 0.05) is 42.1 Å². The van der Waals surface area contributed by atoms with Gasteiger partial charge in [0.15, 0.2) is 11.6 Å². The minimum atomic E-state index is 0.632. The topological polar surface area (TPSA) is 66.9 Å². The van der Waals surface area contributed by atoms with Gasteiger partial charge in [0.25, 0.3) is 0 Å². The number of anilines is 6. The molecule has 11 aromatic rings. The van der Waals surface area contributed by atoms with Crippen LogP contribution in [0.3, 0.4) is 0 Å². The molecule has 0 spiro atoms. The number of nitrogens with zero attached hydrogens (tertiary/aromatic N) is 8. The molecule has 3 aromatic heterocycles. The van der Waals surface area contributed by atoms with Crippen LogP contribution < -0.4 is 9.80 Å². The summed E-state index contributed by atoms with van der Waals surface area (Å²) in [5.41, 5.74) is 14.1. The number of hydrogen-bond donors (Lipinski definition) is 0. The minimum Gasteiger partial charge on any atom is -0.308 e. The van der Waals surface area contributed by atoms with Gasteiger partial charge >= 0.3 is 0 Å². The van der Waals surface area contributed by atoms with E-state index in [4.69, 9.17) is 20.4 Å². The first kappa shape index (κ1) is 35.1. The van der Waals surface area contributed by atoms with Gasteiger partial charge < -0.3 is 9.80 Å². The Balaban J connectivity index is 0.951. The van der Waals surface area contributed by atoms with Gasteiger partial charge in [0.2, 0.25) is 11.3 Å². The number of aromatic nitrogens is 6. The number of benzene rings is 8. The van der Waals surface area contributed by atoms with Gasteiger partial charge in [0.1, 0.15) is 0 Å². The number of para-hydroxylation sites is 4. The highest BCUT2D eigenvalue weighted by Gasteiger charge is 2.27. The molecule has 62 heavy (non-hydrogen) atoms. The second kappa shape index (κ2) is 14.0. The molecule has 0 N–H and O–H groups in total. The highest BCUT2D eigenvalue weighted by molar-refractivity contribution is 8.00. The van der Waals surface area contributed by atoms with Crippen LogP contribution in [0.1, 0.15) is 0 Å². The van der Waals surface area contributed by atoms with Crippen LogP contribution in [0.4, 0.5) is 34.1 Å². The summed E-state index contributed by atoms with van der Waals surface area (Å²) < 4.78 is 4.26. The van der Waals surface area contributed by atoms with Crippen LogP contribution in [0.15, 0.2) is 214 Å². The van der Waals surface area contributed by atoms with Crippen molar-refractivity contribution in [2.24, 2.45) is 0 Å². The van der Waals surface area contributed by atoms with Crippen LogP contribution in [0, 0.1) is 0 Å². The van der Waals surface area contributed by atoms with E-state index in [0.717, 1.165) is 79.1 Å². The second-order valence-corrected chi connectivity index (χ2v) is 17.4. The molecule has 0 amide bonds. The Morgan fingerprint density at radius 2 is 0.694 bits per heavy atom. The largest absolute Gasteiger partial charge is 0.308 e. The molecule has 8 nitrogen and oxygen atoms in total. The van der Waals surface area contributed by atoms with Crippen molar-refractivity contribution in [1.82, 2.24) is 29.2 Å². The third kappa shape index (κ3) is 5.43. The fourth-order valence-corrected chi connectivity index (χ4v) is 11.0. The van der Waals surface area contributed by atoms with E-state index in [0.29, 0.717) is 11.3 Å². The summed E-state index contributed by atoms with van der Waals surface area (Å²) in [5.74, 6) is 1.46. The first-order valence-electron chi connectivity index (χ1n) is 20.4. The molecule has 0 fully saturated rings. The van der Waals surface area contributed by atoms with Crippen molar-refractivity contribution in [1.29, 1.82) is 0 Å². The molecule has 0 saturated carbocycles. The summed E-state index contributed by atoms with van der Waals surface area (Å²) in [6.07, 6.45) is 0. The molecule has 0 radical (unpaired) electrons. The second-order valence-electron chi connectivity index (χ2n) is 15.3. The molecular weight excluding hydrogens is 801 g/mol. The summed E-state index contributed by atoms with van der Waals surface area (Å²) >= 11 is 3.62. The van der Waals surface area contributed by atoms with Crippen molar-refractivity contribution >= 4 is 80.0 Å². The lowest BCUT2D eigenvalue weighted by Crippen LogP contribution is -2.14. The molecule has 0 bridgehead atoms. The third-order valence-electron chi connectivity index (χ3n) is 11.7. The van der Waals surface area contributed by atoms with Crippen molar-refractivity contribution in [2.75, 3.05) is 9.80 Å². The molecule has 10 heteroatoms. The lowest BCUT2D eigenvalue weighted by atomic mass is 10.0. The van der Waals surface area contributed by atoms with E-state index in [-0.39, 0.29) is 0 Å². The lowest BCUT2D eigenvalue weighted by Gasteiger charge is -2.32. The van der Waals surface area contributed by atoms with Gasteiger partial charge in [-0.3, -0.25) is 8.80 Å². The van der Waals surface area contributed by atoms with Crippen molar-refractivity contribution in [3.8, 4) is 33.9 Å². The smallest absolute Gasteiger partial charge is 0.207 e. The van der Waals surface area contributed by atoms with Crippen LogP contribution in [0.5, 0.6) is 0 Å². The fourth-order valence-electron chi connectivity index (χ4n) is 8.87. The normalized spacial score (nSPS) is 13.0. The number of fused-ring (bicyclic) bond motifs is 10. The molecule has 5 heterocycles. The lowest BCUT2D eigenvalue weighted by molar-refractivity contribution is 1.10. The van der Waals surface area contributed by atoms with Gasteiger partial charge in [-0.25, -0.2) is 0 Å². The fraction of sp³-hybridized carbons (Fsp3) is 0. The SMILES string of the molecule is c1ccc(-c2ccc3c(c2)n2c(-c4ccc(N5c6ccccc6Sc6ccccc65)cc4)nnc2c2nnc(-c4ccc(N5c6ccccc6Sc6ccccc65)cc4)n32)cc1. The van der Waals surface area contributed by atoms with Gasteiger partial charge in [-0.05, 0) is 120 Å². The van der Waals surface area contributed by atoms with Crippen LogP contribution in [0.2, 0.25) is 0 Å². The molecule has 0 atom stereocenters. The van der Waals surface area contributed by atoms with E-state index < -0.39 is 0 Å². The van der Waals surface area contributed by atoms with Crippen LogP contribution >= 0.6 is 23.5 Å². The van der Waals surface area contributed by atoms with Crippen molar-refractivity contribution in [3.63, 3.8) is 0 Å². The molecule has 2 aliphatic rings. The standard InChI is InChI=1S/C52H32N8S2/c1-2-12-33(13-3-1)36-26-31-39-44(32-36)60-50(35-24-29-38(30-25-35)58-42-16-6-10-20-47(42)62-48-21-11-7-17-43(48)58)54-56-52(60)51-55-53-49(59(39)51)34-22-27-37(28-23-34)57-40-14-4-8-18-45(40)61-46-19-9-5-15-41(46)57/h1-32H. The maximum atomic E-state index is 4.87. The predicted octanol–water partition coefficient (Wildman–Crippen LogP) is 13.8. The van der Waals surface area contributed by atoms with E-state index in [1.54, 1.807) is 0 Å². The molecule has 292 valence electrons. The summed E-state index contributed by atoms with van der Waals surface area (Å²) in [6, 6.07) is 68.6. The van der Waals surface area contributed by atoms with Crippen LogP contribution in [0.25, 0.3) is 56.2 Å². The summed E-state index contributed by atoms with van der Waals surface area (Å²) in [6.45, 7) is 0. The Kier molecular flexibility index (Phi) is 7.91. The molecular formula is C52H32N8S2. The molecule has 0 aliphatic carbocycles. The predicted molar refractivity (Wildman–Crippen MR) is 251 cm³/mol. The average Bonchev–Trinajstić information content (AvgIpc) is 3.99. The third-order valence-corrected chi connectivity index (χ3v) is 14.0. The van der Waals surface area contributed by atoms with Gasteiger partial charge in [0.05, 0.1) is 33.8 Å². The zero-order valence-corrected chi connectivity index (χ0v) is 34.5. The summed E-state index contributed by atoms with van der Waals surface area (Å²) in [4.78, 5) is 9.58. The molecule has 0 saturated heterocycles. The quantitative estimate of drug-likeness (QED) is 0.170. The zero-order valence-electron chi connectivity index (χ0n) is 32.9. The highest BCUT2D eigenvalue weighted by atomic mass is 32.2. The van der Waals surface area contributed by atoms with Gasteiger partial charge in [-0.1, -0.05) is 108 Å². The maximum Gasteiger partial charge on any atom is 0.207 e. The van der Waals surface area contributed by atoms with Crippen molar-refractivity contribution in [2.45, 2.75) is 19.6 Å². The van der Waals surface area contributed by atoms with Crippen LogP contribution in [-0.4, -0.2) is 29.2 Å². The van der Waals surface area contributed by atoms with Crippen LogP contribution in [-0.2, 0) is 0 Å². The molecule has 13 rings (SSSR count). The Morgan fingerprint density at radius 1 is 0.306 bits per heavy atom. The first-order valence-corrected chi connectivity index (χ1v) is 22.0. The minimum absolute atomic E-state index is 0.632. The van der Waals surface area contributed by atoms with Gasteiger partial charge in [-0.2, -0.15) is 0 Å². The number of rotatable bonds is 5. The van der Waals surface area contributed by atoms with E-state index in [2.05, 4.69) is 207 Å². The van der Waals surface area contributed by atoms with E-state index in [9.17, 15) is 0 Å². The maximum absolute atomic E-state index is 4.87. The van der Waals surface area contributed by atoms with Crippen molar-refractivity contribution < 1.29 is 0 Å². The highest BCUT2D eigenvalue weighted by Crippen LogP contribution is 2.52. The Labute approximate surface area is 364 Å².